The standard InChI is InChI=1S/C29H32N4O4S/c1-18-27(38-19(2)30-18)28(34)31-22-9-6-8-21(16-22)29(35)33-15-7-12-24(32-33)20-13-14-25(36-3)26(17-20)37-23-10-4-5-11-23/h6,8-9,13-14,16-17,23H,4-5,7,10-12,15H2,1-3H3,(H,31,34). The molecule has 2 amide bonds. The molecular formula is C29H32N4O4S. The van der Waals surface area contributed by atoms with E-state index >= 15 is 0 Å². The third kappa shape index (κ3) is 5.72. The Morgan fingerprint density at radius 1 is 1.05 bits per heavy atom. The lowest BCUT2D eigenvalue weighted by Crippen LogP contribution is -2.32. The first kappa shape index (κ1) is 25.9. The molecule has 38 heavy (non-hydrogen) atoms. The van der Waals surface area contributed by atoms with Crippen LogP contribution < -0.4 is 14.8 Å². The Kier molecular flexibility index (Phi) is 7.74. The largest absolute Gasteiger partial charge is 0.493 e. The first-order chi connectivity index (χ1) is 18.4. The fourth-order valence-electron chi connectivity index (χ4n) is 4.93. The van der Waals surface area contributed by atoms with Crippen LogP contribution in [0.3, 0.4) is 0 Å². The van der Waals surface area contributed by atoms with Crippen molar-refractivity contribution in [3.05, 3.63) is 69.2 Å². The molecule has 2 heterocycles. The van der Waals surface area contributed by atoms with Gasteiger partial charge >= 0.3 is 0 Å². The number of rotatable bonds is 7. The zero-order valence-corrected chi connectivity index (χ0v) is 22.8. The lowest BCUT2D eigenvalue weighted by atomic mass is 10.0. The van der Waals surface area contributed by atoms with Gasteiger partial charge in [0.25, 0.3) is 11.8 Å². The Hall–Kier alpha value is -3.72. The van der Waals surface area contributed by atoms with Gasteiger partial charge in [-0.25, -0.2) is 9.99 Å². The topological polar surface area (TPSA) is 93.1 Å². The molecule has 0 saturated heterocycles. The van der Waals surface area contributed by atoms with E-state index in [2.05, 4.69) is 10.3 Å². The van der Waals surface area contributed by atoms with Crippen LogP contribution in [0.2, 0.25) is 0 Å². The SMILES string of the molecule is COc1ccc(C2=NN(C(=O)c3cccc(NC(=O)c4sc(C)nc4C)c3)CCC2)cc1OC1CCCC1. The maximum absolute atomic E-state index is 13.4. The Morgan fingerprint density at radius 2 is 1.87 bits per heavy atom. The Bertz CT molecular complexity index is 1380. The molecule has 1 N–H and O–H groups in total. The lowest BCUT2D eigenvalue weighted by Gasteiger charge is -2.24. The second-order valence-electron chi connectivity index (χ2n) is 9.65. The molecule has 0 bridgehead atoms. The fraction of sp³-hybridized carbons (Fsp3) is 0.379. The summed E-state index contributed by atoms with van der Waals surface area (Å²) in [7, 11) is 1.64. The average molecular weight is 533 g/mol. The van der Waals surface area contributed by atoms with Crippen molar-refractivity contribution in [3.63, 3.8) is 0 Å². The first-order valence-electron chi connectivity index (χ1n) is 13.0. The highest BCUT2D eigenvalue weighted by atomic mass is 32.1. The van der Waals surface area contributed by atoms with Crippen LogP contribution in [0.4, 0.5) is 5.69 Å². The van der Waals surface area contributed by atoms with E-state index in [9.17, 15) is 9.59 Å². The maximum Gasteiger partial charge on any atom is 0.274 e. The second kappa shape index (κ2) is 11.3. The van der Waals surface area contributed by atoms with Gasteiger partial charge in [-0.1, -0.05) is 6.07 Å². The van der Waals surface area contributed by atoms with Crippen LogP contribution in [-0.2, 0) is 0 Å². The summed E-state index contributed by atoms with van der Waals surface area (Å²) in [4.78, 5) is 31.0. The number of amides is 2. The highest BCUT2D eigenvalue weighted by Gasteiger charge is 2.23. The van der Waals surface area contributed by atoms with Crippen molar-refractivity contribution < 1.29 is 19.1 Å². The number of nitrogens with zero attached hydrogens (tertiary/aromatic N) is 3. The molecule has 5 rings (SSSR count). The fourth-order valence-corrected chi connectivity index (χ4v) is 5.75. The van der Waals surface area contributed by atoms with Crippen molar-refractivity contribution in [2.75, 3.05) is 19.0 Å². The van der Waals surface area contributed by atoms with Gasteiger partial charge in [0.15, 0.2) is 11.5 Å². The van der Waals surface area contributed by atoms with Crippen molar-refractivity contribution >= 4 is 34.6 Å². The quantitative estimate of drug-likeness (QED) is 0.404. The van der Waals surface area contributed by atoms with Gasteiger partial charge in [0.2, 0.25) is 0 Å². The van der Waals surface area contributed by atoms with Gasteiger partial charge in [-0.2, -0.15) is 5.10 Å². The summed E-state index contributed by atoms with van der Waals surface area (Å²) >= 11 is 1.35. The zero-order valence-electron chi connectivity index (χ0n) is 22.0. The van der Waals surface area contributed by atoms with Crippen LogP contribution in [0.1, 0.15) is 74.8 Å². The molecule has 9 heteroatoms. The Morgan fingerprint density at radius 3 is 2.61 bits per heavy atom. The minimum atomic E-state index is -0.230. The molecule has 198 valence electrons. The third-order valence-electron chi connectivity index (χ3n) is 6.83. The highest BCUT2D eigenvalue weighted by molar-refractivity contribution is 7.13. The molecule has 8 nitrogen and oxygen atoms in total. The predicted molar refractivity (Wildman–Crippen MR) is 149 cm³/mol. The summed E-state index contributed by atoms with van der Waals surface area (Å²) < 4.78 is 11.8. The molecule has 1 aromatic heterocycles. The number of thiazole rings is 1. The molecule has 0 spiro atoms. The van der Waals surface area contributed by atoms with Crippen molar-refractivity contribution in [2.24, 2.45) is 5.10 Å². The van der Waals surface area contributed by atoms with E-state index in [0.29, 0.717) is 34.1 Å². The van der Waals surface area contributed by atoms with Crippen LogP contribution in [0, 0.1) is 13.8 Å². The first-order valence-corrected chi connectivity index (χ1v) is 13.8. The van der Waals surface area contributed by atoms with E-state index in [-0.39, 0.29) is 17.9 Å². The van der Waals surface area contributed by atoms with E-state index < -0.39 is 0 Å². The summed E-state index contributed by atoms with van der Waals surface area (Å²) in [6, 6.07) is 12.8. The molecule has 1 fully saturated rings. The van der Waals surface area contributed by atoms with Crippen LogP contribution >= 0.6 is 11.3 Å². The number of hydrogen-bond donors (Lipinski definition) is 1. The normalized spacial score (nSPS) is 15.8. The van der Waals surface area contributed by atoms with Gasteiger partial charge in [-0.15, -0.1) is 11.3 Å². The van der Waals surface area contributed by atoms with Gasteiger partial charge < -0.3 is 14.8 Å². The molecule has 2 aliphatic rings. The predicted octanol–water partition coefficient (Wildman–Crippen LogP) is 5.98. The number of carbonyl (C=O) groups is 2. The van der Waals surface area contributed by atoms with Crippen molar-refractivity contribution in [2.45, 2.75) is 58.5 Å². The molecule has 0 radical (unpaired) electrons. The van der Waals surface area contributed by atoms with E-state index in [0.717, 1.165) is 47.7 Å². The smallest absolute Gasteiger partial charge is 0.274 e. The number of nitrogens with one attached hydrogen (secondary N) is 1. The molecule has 0 unspecified atom stereocenters. The van der Waals surface area contributed by atoms with E-state index in [1.54, 1.807) is 31.4 Å². The highest BCUT2D eigenvalue weighted by Crippen LogP contribution is 2.33. The van der Waals surface area contributed by atoms with Gasteiger partial charge in [-0.3, -0.25) is 9.59 Å². The van der Waals surface area contributed by atoms with Crippen molar-refractivity contribution in [3.8, 4) is 11.5 Å². The molecule has 1 saturated carbocycles. The molecule has 2 aromatic carbocycles. The maximum atomic E-state index is 13.4. The number of ether oxygens (including phenoxy) is 2. The van der Waals surface area contributed by atoms with Gasteiger partial charge in [0, 0.05) is 23.4 Å². The average Bonchev–Trinajstić information content (AvgIpc) is 3.57. The Balaban J connectivity index is 1.33. The number of anilines is 1. The van der Waals surface area contributed by atoms with Gasteiger partial charge in [0.05, 0.1) is 29.6 Å². The van der Waals surface area contributed by atoms with Crippen LogP contribution in [0.5, 0.6) is 11.5 Å². The number of aromatic nitrogens is 1. The van der Waals surface area contributed by atoms with Gasteiger partial charge in [-0.05, 0) is 88.8 Å². The van der Waals surface area contributed by atoms with Crippen molar-refractivity contribution in [1.29, 1.82) is 0 Å². The minimum Gasteiger partial charge on any atom is -0.493 e. The van der Waals surface area contributed by atoms with E-state index in [4.69, 9.17) is 14.6 Å². The summed E-state index contributed by atoms with van der Waals surface area (Å²) in [6.45, 7) is 4.22. The van der Waals surface area contributed by atoms with Crippen LogP contribution in [-0.4, -0.2) is 47.3 Å². The molecule has 1 aliphatic carbocycles. The van der Waals surface area contributed by atoms with Gasteiger partial charge in [0.1, 0.15) is 4.88 Å². The summed E-state index contributed by atoms with van der Waals surface area (Å²) in [5.41, 5.74) is 3.47. The Labute approximate surface area is 226 Å². The lowest BCUT2D eigenvalue weighted by molar-refractivity contribution is 0.0751. The van der Waals surface area contributed by atoms with E-state index in [1.165, 1.54) is 29.2 Å². The monoisotopic (exact) mass is 532 g/mol. The van der Waals surface area contributed by atoms with Crippen LogP contribution in [0.25, 0.3) is 0 Å². The van der Waals surface area contributed by atoms with Crippen LogP contribution in [0.15, 0.2) is 47.6 Å². The second-order valence-corrected chi connectivity index (χ2v) is 10.9. The third-order valence-corrected chi connectivity index (χ3v) is 7.90. The number of benzene rings is 2. The van der Waals surface area contributed by atoms with E-state index in [1.807, 2.05) is 32.0 Å². The minimum absolute atomic E-state index is 0.209. The van der Waals surface area contributed by atoms with Crippen molar-refractivity contribution in [1.82, 2.24) is 9.99 Å². The summed E-state index contributed by atoms with van der Waals surface area (Å²) in [6.07, 6.45) is 6.26. The molecule has 3 aromatic rings. The number of carbonyl (C=O) groups excluding carboxylic acids is 2. The number of aryl methyl sites for hydroxylation is 2. The summed E-state index contributed by atoms with van der Waals surface area (Å²) in [5.74, 6) is 0.982. The number of hydrazone groups is 1. The molecule has 0 atom stereocenters. The molecular weight excluding hydrogens is 500 g/mol. The molecule has 1 aliphatic heterocycles. The number of methoxy groups -OCH3 is 1. The zero-order chi connectivity index (χ0) is 26.6. The summed E-state index contributed by atoms with van der Waals surface area (Å²) in [5, 5.41) is 9.96. The number of hydrogen-bond acceptors (Lipinski definition) is 7.